The van der Waals surface area contributed by atoms with Crippen LogP contribution in [0, 0.1) is 0 Å². The maximum atomic E-state index is 12.2. The average molecular weight is 268 g/mol. The third kappa shape index (κ3) is 2.47. The first kappa shape index (κ1) is 12.9. The van der Waals surface area contributed by atoms with E-state index in [2.05, 4.69) is 10.3 Å². The van der Waals surface area contributed by atoms with Crippen LogP contribution in [0.4, 0.5) is 0 Å². The molecule has 18 heavy (non-hydrogen) atoms. The van der Waals surface area contributed by atoms with E-state index in [0.717, 1.165) is 6.54 Å². The fourth-order valence-corrected chi connectivity index (χ4v) is 2.01. The fraction of sp³-hybridized carbons (Fsp3) is 0.333. The molecular formula is C12H14ClN3O2. The Bertz CT molecular complexity index is 675. The van der Waals surface area contributed by atoms with Crippen LogP contribution in [-0.4, -0.2) is 23.1 Å². The summed E-state index contributed by atoms with van der Waals surface area (Å²) in [5.41, 5.74) is -0.169. The van der Waals surface area contributed by atoms with Gasteiger partial charge in [-0.25, -0.2) is 4.79 Å². The van der Waals surface area contributed by atoms with Crippen molar-refractivity contribution in [3.63, 3.8) is 0 Å². The summed E-state index contributed by atoms with van der Waals surface area (Å²) < 4.78 is 1.20. The number of aromatic nitrogens is 2. The van der Waals surface area contributed by atoms with Gasteiger partial charge in [-0.05, 0) is 38.2 Å². The lowest BCUT2D eigenvalue weighted by molar-refractivity contribution is 0.578. The molecule has 0 aliphatic carbocycles. The highest BCUT2D eigenvalue weighted by atomic mass is 35.5. The van der Waals surface area contributed by atoms with E-state index in [-0.39, 0.29) is 11.2 Å². The molecule has 0 saturated heterocycles. The number of hydrogen-bond donors (Lipinski definition) is 2. The quantitative estimate of drug-likeness (QED) is 0.811. The zero-order valence-electron chi connectivity index (χ0n) is 10.00. The van der Waals surface area contributed by atoms with Crippen molar-refractivity contribution in [3.05, 3.63) is 44.1 Å². The number of hydrogen-bond acceptors (Lipinski definition) is 3. The molecular weight excluding hydrogens is 254 g/mol. The maximum Gasteiger partial charge on any atom is 0.328 e. The summed E-state index contributed by atoms with van der Waals surface area (Å²) in [6.45, 7) is 1.14. The van der Waals surface area contributed by atoms with E-state index in [1.165, 1.54) is 4.57 Å². The van der Waals surface area contributed by atoms with Crippen molar-refractivity contribution in [2.45, 2.75) is 13.0 Å². The van der Waals surface area contributed by atoms with Gasteiger partial charge in [0.25, 0.3) is 5.56 Å². The van der Waals surface area contributed by atoms with Gasteiger partial charge in [0, 0.05) is 11.6 Å². The normalized spacial score (nSPS) is 11.0. The minimum atomic E-state index is -0.383. The van der Waals surface area contributed by atoms with Crippen molar-refractivity contribution in [1.29, 1.82) is 0 Å². The van der Waals surface area contributed by atoms with Crippen LogP contribution in [0.5, 0.6) is 0 Å². The van der Waals surface area contributed by atoms with Crippen molar-refractivity contribution >= 4 is 22.5 Å². The lowest BCUT2D eigenvalue weighted by Crippen LogP contribution is -2.35. The topological polar surface area (TPSA) is 66.9 Å². The molecule has 0 unspecified atom stereocenters. The largest absolute Gasteiger partial charge is 0.328 e. The van der Waals surface area contributed by atoms with Crippen LogP contribution in [0.25, 0.3) is 10.9 Å². The zero-order chi connectivity index (χ0) is 13.1. The highest BCUT2D eigenvalue weighted by molar-refractivity contribution is 6.31. The van der Waals surface area contributed by atoms with Crippen LogP contribution in [0.1, 0.15) is 6.42 Å². The monoisotopic (exact) mass is 267 g/mol. The van der Waals surface area contributed by atoms with Crippen molar-refractivity contribution in [2.24, 2.45) is 0 Å². The van der Waals surface area contributed by atoms with E-state index in [4.69, 9.17) is 11.6 Å². The molecule has 0 spiro atoms. The van der Waals surface area contributed by atoms with Gasteiger partial charge in [0.2, 0.25) is 0 Å². The molecule has 1 aromatic heterocycles. The number of fused-ring (bicyclic) bond motifs is 1. The molecule has 1 heterocycles. The Morgan fingerprint density at radius 1 is 1.39 bits per heavy atom. The Kier molecular flexibility index (Phi) is 3.84. The first-order chi connectivity index (χ1) is 8.63. The summed E-state index contributed by atoms with van der Waals surface area (Å²) in [5, 5.41) is 3.89. The third-order valence-corrected chi connectivity index (χ3v) is 2.99. The highest BCUT2D eigenvalue weighted by Crippen LogP contribution is 2.13. The molecule has 6 heteroatoms. The van der Waals surface area contributed by atoms with Crippen LogP contribution in [0.15, 0.2) is 27.8 Å². The summed E-state index contributed by atoms with van der Waals surface area (Å²) in [5.74, 6) is 0. The molecule has 0 radical (unpaired) electrons. The lowest BCUT2D eigenvalue weighted by Gasteiger charge is -2.06. The molecule has 0 saturated carbocycles. The third-order valence-electron chi connectivity index (χ3n) is 2.75. The van der Waals surface area contributed by atoms with Crippen LogP contribution in [0.3, 0.4) is 0 Å². The van der Waals surface area contributed by atoms with Crippen molar-refractivity contribution in [1.82, 2.24) is 14.9 Å². The molecule has 0 aliphatic rings. The number of nitrogens with zero attached hydrogens (tertiary/aromatic N) is 1. The Morgan fingerprint density at radius 3 is 2.89 bits per heavy atom. The van der Waals surface area contributed by atoms with Crippen LogP contribution in [-0.2, 0) is 6.54 Å². The second-order valence-electron chi connectivity index (χ2n) is 4.03. The van der Waals surface area contributed by atoms with Gasteiger partial charge >= 0.3 is 5.69 Å². The summed E-state index contributed by atoms with van der Waals surface area (Å²) in [7, 11) is 1.83. The minimum Gasteiger partial charge on any atom is -0.320 e. The standard InChI is InChI=1S/C12H14ClN3O2/c1-14-5-2-6-16-11(17)9-7-8(13)3-4-10(9)15-12(16)18/h3-4,7,14H,2,5-6H2,1H3,(H,15,18). The molecule has 2 aromatic rings. The molecule has 2 rings (SSSR count). The minimum absolute atomic E-state index is 0.299. The van der Waals surface area contributed by atoms with Gasteiger partial charge in [0.1, 0.15) is 0 Å². The number of halogens is 1. The van der Waals surface area contributed by atoms with Crippen molar-refractivity contribution < 1.29 is 0 Å². The molecule has 96 valence electrons. The van der Waals surface area contributed by atoms with Gasteiger partial charge in [-0.15, -0.1) is 0 Å². The Hall–Kier alpha value is -1.59. The number of nitrogens with one attached hydrogen (secondary N) is 2. The summed E-state index contributed by atoms with van der Waals surface area (Å²) >= 11 is 5.86. The van der Waals surface area contributed by atoms with Crippen molar-refractivity contribution in [2.75, 3.05) is 13.6 Å². The molecule has 0 atom stereocenters. The Labute approximate surface area is 108 Å². The summed E-state index contributed by atoms with van der Waals surface area (Å²) in [6.07, 6.45) is 0.714. The molecule has 0 bridgehead atoms. The predicted molar refractivity (Wildman–Crippen MR) is 72.4 cm³/mol. The van der Waals surface area contributed by atoms with Gasteiger partial charge in [-0.1, -0.05) is 11.6 Å². The van der Waals surface area contributed by atoms with Crippen LogP contribution >= 0.6 is 11.6 Å². The molecule has 0 amide bonds. The maximum absolute atomic E-state index is 12.2. The van der Waals surface area contributed by atoms with E-state index in [1.807, 2.05) is 7.05 Å². The first-order valence-electron chi connectivity index (χ1n) is 5.70. The smallest absolute Gasteiger partial charge is 0.320 e. The first-order valence-corrected chi connectivity index (χ1v) is 6.08. The number of rotatable bonds is 4. The second-order valence-corrected chi connectivity index (χ2v) is 4.47. The van der Waals surface area contributed by atoms with Gasteiger partial charge in [-0.3, -0.25) is 9.36 Å². The van der Waals surface area contributed by atoms with Gasteiger partial charge in [-0.2, -0.15) is 0 Å². The van der Waals surface area contributed by atoms with E-state index in [9.17, 15) is 9.59 Å². The molecule has 1 aromatic carbocycles. The molecule has 0 fully saturated rings. The van der Waals surface area contributed by atoms with E-state index in [0.29, 0.717) is 28.9 Å². The predicted octanol–water partition coefficient (Wildman–Crippen LogP) is 0.953. The Balaban J connectivity index is 2.53. The average Bonchev–Trinajstić information content (AvgIpc) is 2.35. The highest BCUT2D eigenvalue weighted by Gasteiger charge is 2.07. The lowest BCUT2D eigenvalue weighted by atomic mass is 10.2. The number of aromatic amines is 1. The molecule has 5 nitrogen and oxygen atoms in total. The molecule has 0 aliphatic heterocycles. The van der Waals surface area contributed by atoms with Gasteiger partial charge in [0.15, 0.2) is 0 Å². The van der Waals surface area contributed by atoms with E-state index in [1.54, 1.807) is 18.2 Å². The Morgan fingerprint density at radius 2 is 2.17 bits per heavy atom. The number of benzene rings is 1. The zero-order valence-corrected chi connectivity index (χ0v) is 10.8. The number of H-pyrrole nitrogens is 1. The summed E-state index contributed by atoms with van der Waals surface area (Å²) in [6, 6.07) is 4.85. The van der Waals surface area contributed by atoms with Crippen LogP contribution in [0.2, 0.25) is 5.02 Å². The molecule has 2 N–H and O–H groups in total. The van der Waals surface area contributed by atoms with Gasteiger partial charge in [0.05, 0.1) is 10.9 Å². The second kappa shape index (κ2) is 5.37. The summed E-state index contributed by atoms with van der Waals surface area (Å²) in [4.78, 5) is 26.6. The van der Waals surface area contributed by atoms with Crippen LogP contribution < -0.4 is 16.6 Å². The van der Waals surface area contributed by atoms with Gasteiger partial charge < -0.3 is 10.3 Å². The fourth-order valence-electron chi connectivity index (χ4n) is 1.84. The van der Waals surface area contributed by atoms with Crippen molar-refractivity contribution in [3.8, 4) is 0 Å². The SMILES string of the molecule is CNCCCn1c(=O)[nH]c2ccc(Cl)cc2c1=O. The van der Waals surface area contributed by atoms with E-state index >= 15 is 0 Å². The van der Waals surface area contributed by atoms with E-state index < -0.39 is 0 Å².